The van der Waals surface area contributed by atoms with Crippen molar-refractivity contribution < 1.29 is 27.2 Å². The second-order valence-corrected chi connectivity index (χ2v) is 2.73. The number of ether oxygens (including phenoxy) is 1. The Morgan fingerprint density at radius 3 is 2.50 bits per heavy atom. The van der Waals surface area contributed by atoms with Crippen molar-refractivity contribution in [2.75, 3.05) is 0 Å². The molecule has 0 spiro atoms. The molecule has 0 saturated heterocycles. The lowest BCUT2D eigenvalue weighted by Crippen LogP contribution is -2.29. The van der Waals surface area contributed by atoms with Gasteiger partial charge in [0.15, 0.2) is 0 Å². The van der Waals surface area contributed by atoms with Crippen molar-refractivity contribution in [3.8, 4) is 5.75 Å². The Morgan fingerprint density at radius 1 is 1.38 bits per heavy atom. The summed E-state index contributed by atoms with van der Waals surface area (Å²) in [5, 5.41) is 10.3. The maximum atomic E-state index is 12.4. The summed E-state index contributed by atoms with van der Waals surface area (Å²) >= 11 is 0. The van der Waals surface area contributed by atoms with E-state index in [2.05, 4.69) is 4.74 Å². The predicted molar refractivity (Wildman–Crippen MR) is 44.7 cm³/mol. The van der Waals surface area contributed by atoms with E-state index in [0.717, 1.165) is 18.2 Å². The summed E-state index contributed by atoms with van der Waals surface area (Å²) < 4.78 is 51.6. The third-order valence-corrected chi connectivity index (χ3v) is 1.53. The maximum absolute atomic E-state index is 12.4. The van der Waals surface area contributed by atoms with E-state index in [-0.39, 0.29) is 0 Å². The lowest BCUT2D eigenvalue weighted by Gasteiger charge is -2.13. The summed E-state index contributed by atoms with van der Waals surface area (Å²) in [6, 6.07) is 3.84. The highest BCUT2D eigenvalue weighted by Crippen LogP contribution is 2.27. The van der Waals surface area contributed by atoms with Crippen molar-refractivity contribution >= 4 is 5.69 Å². The minimum Gasteiger partial charge on any atom is -0.452 e. The maximum Gasteiger partial charge on any atom is 0.457 e. The number of nitrogens with zero attached hydrogens (tertiary/aromatic N) is 1. The number of nitro groups is 1. The zero-order valence-corrected chi connectivity index (χ0v) is 7.57. The second kappa shape index (κ2) is 4.33. The summed E-state index contributed by atoms with van der Waals surface area (Å²) in [5.74, 6) is -0.556. The molecule has 0 aromatic heterocycles. The minimum absolute atomic E-state index is 0.480. The van der Waals surface area contributed by atoms with Crippen LogP contribution in [0.1, 0.15) is 0 Å². The molecule has 0 N–H and O–H groups in total. The second-order valence-electron chi connectivity index (χ2n) is 2.73. The van der Waals surface area contributed by atoms with Crippen LogP contribution in [0.2, 0.25) is 0 Å². The number of hydrogen-bond acceptors (Lipinski definition) is 3. The Bertz CT molecular complexity index is 393. The van der Waals surface area contributed by atoms with E-state index < -0.39 is 28.9 Å². The van der Waals surface area contributed by atoms with Crippen LogP contribution in [0, 0.1) is 10.1 Å². The Balaban J connectivity index is 2.82. The first-order valence-electron chi connectivity index (χ1n) is 3.92. The topological polar surface area (TPSA) is 52.4 Å². The van der Waals surface area contributed by atoms with Crippen LogP contribution >= 0.6 is 0 Å². The van der Waals surface area contributed by atoms with E-state index in [1.165, 1.54) is 0 Å². The fourth-order valence-electron chi connectivity index (χ4n) is 0.857. The molecule has 1 atom stereocenters. The molecule has 88 valence electrons. The average Bonchev–Trinajstić information content (AvgIpc) is 2.16. The van der Waals surface area contributed by atoms with Gasteiger partial charge in [-0.3, -0.25) is 10.1 Å². The molecule has 0 saturated carbocycles. The van der Waals surface area contributed by atoms with Gasteiger partial charge in [-0.2, -0.15) is 17.6 Å². The average molecular weight is 239 g/mol. The van der Waals surface area contributed by atoms with Gasteiger partial charge in [-0.1, -0.05) is 6.07 Å². The fraction of sp³-hybridized carbons (Fsp3) is 0.250. The van der Waals surface area contributed by atoms with Crippen molar-refractivity contribution in [2.45, 2.75) is 12.5 Å². The van der Waals surface area contributed by atoms with E-state index in [1.807, 2.05) is 0 Å². The van der Waals surface area contributed by atoms with Gasteiger partial charge in [0.05, 0.1) is 11.0 Å². The van der Waals surface area contributed by atoms with Crippen LogP contribution in [0.5, 0.6) is 5.75 Å². The predicted octanol–water partition coefficient (Wildman–Crippen LogP) is 2.83. The van der Waals surface area contributed by atoms with Crippen LogP contribution in [0.4, 0.5) is 23.2 Å². The Hall–Kier alpha value is -1.86. The molecular weight excluding hydrogens is 234 g/mol. The molecule has 1 aromatic carbocycles. The molecule has 0 heterocycles. The first-order valence-corrected chi connectivity index (χ1v) is 3.92. The molecule has 0 fully saturated rings. The normalized spacial score (nSPS) is 13.2. The summed E-state index contributed by atoms with van der Waals surface area (Å²) in [6.07, 6.45) is -8.67. The lowest BCUT2D eigenvalue weighted by atomic mass is 10.3. The SMILES string of the molecule is O=[N+]([O-])c1cccc(OC(F)C(F)(F)F)c1. The van der Waals surface area contributed by atoms with Gasteiger partial charge in [0, 0.05) is 6.07 Å². The van der Waals surface area contributed by atoms with Gasteiger partial charge in [0.25, 0.3) is 5.69 Å². The van der Waals surface area contributed by atoms with Crippen LogP contribution in [0.25, 0.3) is 0 Å². The molecule has 4 nitrogen and oxygen atoms in total. The van der Waals surface area contributed by atoms with E-state index in [4.69, 9.17) is 0 Å². The van der Waals surface area contributed by atoms with Crippen molar-refractivity contribution in [1.29, 1.82) is 0 Å². The summed E-state index contributed by atoms with van der Waals surface area (Å²) in [6.45, 7) is 0. The monoisotopic (exact) mass is 239 g/mol. The minimum atomic E-state index is -5.16. The highest BCUT2D eigenvalue weighted by Gasteiger charge is 2.42. The smallest absolute Gasteiger partial charge is 0.452 e. The van der Waals surface area contributed by atoms with E-state index in [0.29, 0.717) is 6.07 Å². The molecule has 0 bridgehead atoms. The Kier molecular flexibility index (Phi) is 3.31. The Labute approximate surface area is 86.6 Å². The van der Waals surface area contributed by atoms with Gasteiger partial charge < -0.3 is 4.74 Å². The lowest BCUT2D eigenvalue weighted by molar-refractivity contribution is -0.385. The van der Waals surface area contributed by atoms with Crippen molar-refractivity contribution in [2.24, 2.45) is 0 Å². The van der Waals surface area contributed by atoms with Crippen molar-refractivity contribution in [3.63, 3.8) is 0 Å². The summed E-state index contributed by atoms with van der Waals surface area (Å²) in [4.78, 5) is 9.44. The number of benzene rings is 1. The molecule has 0 amide bonds. The van der Waals surface area contributed by atoms with Gasteiger partial charge in [-0.05, 0) is 6.07 Å². The van der Waals surface area contributed by atoms with Crippen LogP contribution in [-0.2, 0) is 0 Å². The van der Waals surface area contributed by atoms with Crippen LogP contribution < -0.4 is 4.74 Å². The van der Waals surface area contributed by atoms with Gasteiger partial charge in [0.2, 0.25) is 0 Å². The number of nitro benzene ring substituents is 1. The molecule has 8 heteroatoms. The highest BCUT2D eigenvalue weighted by molar-refractivity contribution is 5.38. The molecule has 0 aliphatic heterocycles. The molecule has 0 aliphatic carbocycles. The molecule has 16 heavy (non-hydrogen) atoms. The molecule has 1 rings (SSSR count). The van der Waals surface area contributed by atoms with Crippen LogP contribution in [0.3, 0.4) is 0 Å². The molecular formula is C8H5F4NO3. The number of rotatable bonds is 3. The highest BCUT2D eigenvalue weighted by atomic mass is 19.4. The third kappa shape index (κ3) is 3.07. The number of hydrogen-bond donors (Lipinski definition) is 0. The van der Waals surface area contributed by atoms with Crippen LogP contribution in [0.15, 0.2) is 24.3 Å². The van der Waals surface area contributed by atoms with E-state index in [1.54, 1.807) is 0 Å². The molecule has 0 radical (unpaired) electrons. The van der Waals surface area contributed by atoms with Crippen molar-refractivity contribution in [3.05, 3.63) is 34.4 Å². The standard InChI is InChI=1S/C8H5F4NO3/c9-7(8(10,11)12)16-6-3-1-2-5(4-6)13(14)15/h1-4,7H. The number of non-ortho nitro benzene ring substituents is 1. The molecule has 0 aliphatic rings. The number of halogens is 4. The van der Waals surface area contributed by atoms with Crippen LogP contribution in [-0.4, -0.2) is 17.5 Å². The molecule has 1 aromatic rings. The largest absolute Gasteiger partial charge is 0.457 e. The van der Waals surface area contributed by atoms with Gasteiger partial charge in [0.1, 0.15) is 5.75 Å². The Morgan fingerprint density at radius 2 is 2.00 bits per heavy atom. The fourth-order valence-corrected chi connectivity index (χ4v) is 0.857. The zero-order chi connectivity index (χ0) is 12.3. The van der Waals surface area contributed by atoms with E-state index in [9.17, 15) is 27.7 Å². The van der Waals surface area contributed by atoms with E-state index >= 15 is 0 Å². The third-order valence-electron chi connectivity index (χ3n) is 1.53. The first kappa shape index (κ1) is 12.2. The quantitative estimate of drug-likeness (QED) is 0.463. The van der Waals surface area contributed by atoms with Gasteiger partial charge >= 0.3 is 12.5 Å². The summed E-state index contributed by atoms with van der Waals surface area (Å²) in [5.41, 5.74) is -0.480. The van der Waals surface area contributed by atoms with Crippen molar-refractivity contribution in [1.82, 2.24) is 0 Å². The van der Waals surface area contributed by atoms with Gasteiger partial charge in [-0.15, -0.1) is 0 Å². The first-order chi connectivity index (χ1) is 7.30. The number of alkyl halides is 4. The van der Waals surface area contributed by atoms with Gasteiger partial charge in [-0.25, -0.2) is 0 Å². The summed E-state index contributed by atoms with van der Waals surface area (Å²) in [7, 11) is 0. The zero-order valence-electron chi connectivity index (χ0n) is 7.57. The molecule has 1 unspecified atom stereocenters.